The van der Waals surface area contributed by atoms with Crippen molar-refractivity contribution in [2.45, 2.75) is 60.3 Å². The zero-order valence-corrected chi connectivity index (χ0v) is 20.4. The first-order valence-corrected chi connectivity index (χ1v) is 11.9. The van der Waals surface area contributed by atoms with Gasteiger partial charge in [0, 0.05) is 28.6 Å². The first-order valence-electron chi connectivity index (χ1n) is 10.7. The normalized spacial score (nSPS) is 10.7. The highest BCUT2D eigenvalue weighted by molar-refractivity contribution is 7.16. The van der Waals surface area contributed by atoms with Crippen molar-refractivity contribution in [2.75, 3.05) is 24.5 Å². The fourth-order valence-corrected chi connectivity index (χ4v) is 4.46. The number of anilines is 1. The third-order valence-electron chi connectivity index (χ3n) is 4.47. The molecule has 2 aromatic rings. The number of hydrogen-bond acceptors (Lipinski definition) is 5. The van der Waals surface area contributed by atoms with Crippen LogP contribution in [0.15, 0.2) is 18.2 Å². The van der Waals surface area contributed by atoms with Gasteiger partial charge < -0.3 is 15.7 Å². The highest BCUT2D eigenvalue weighted by atomic mass is 35.5. The molecule has 2 rings (SSSR count). The molecule has 0 amide bonds. The highest BCUT2D eigenvalue weighted by Gasteiger charge is 2.19. The molecule has 168 valence electrons. The van der Waals surface area contributed by atoms with E-state index in [0.717, 1.165) is 52.8 Å². The number of hydrogen-bond donors (Lipinski definition) is 2. The van der Waals surface area contributed by atoms with Gasteiger partial charge in [0.15, 0.2) is 5.13 Å². The number of nitrogens with two attached hydrogens (primary N) is 1. The van der Waals surface area contributed by atoms with Gasteiger partial charge in [-0.25, -0.2) is 4.98 Å². The van der Waals surface area contributed by atoms with Crippen LogP contribution in [0.1, 0.15) is 57.4 Å². The summed E-state index contributed by atoms with van der Waals surface area (Å²) in [4.78, 5) is 19.3. The van der Waals surface area contributed by atoms with Crippen molar-refractivity contribution >= 4 is 34.0 Å². The molecule has 0 atom stereocenters. The molecule has 0 spiro atoms. The zero-order chi connectivity index (χ0) is 22.7. The Bertz CT molecular complexity index is 793. The number of benzene rings is 1. The Labute approximate surface area is 190 Å². The number of carboxylic acid groups (broad SMARTS) is 1. The second-order valence-corrected chi connectivity index (χ2v) is 8.93. The average Bonchev–Trinajstić information content (AvgIpc) is 3.11. The summed E-state index contributed by atoms with van der Waals surface area (Å²) in [5, 5.41) is 10.7. The van der Waals surface area contributed by atoms with Crippen molar-refractivity contribution in [2.24, 2.45) is 11.7 Å². The maximum absolute atomic E-state index is 11.1. The lowest BCUT2D eigenvalue weighted by Gasteiger charge is -2.20. The van der Waals surface area contributed by atoms with E-state index in [1.807, 2.05) is 32.9 Å². The summed E-state index contributed by atoms with van der Waals surface area (Å²) in [7, 11) is 0. The Balaban J connectivity index is 0.00000218. The Morgan fingerprint density at radius 2 is 1.97 bits per heavy atom. The number of carboxylic acids is 1. The van der Waals surface area contributed by atoms with Gasteiger partial charge >= 0.3 is 5.97 Å². The Morgan fingerprint density at radius 1 is 1.27 bits per heavy atom. The summed E-state index contributed by atoms with van der Waals surface area (Å²) >= 11 is 8.01. The van der Waals surface area contributed by atoms with E-state index in [9.17, 15) is 4.79 Å². The van der Waals surface area contributed by atoms with Crippen molar-refractivity contribution in [3.63, 3.8) is 0 Å². The Kier molecular flexibility index (Phi) is 12.0. The maximum atomic E-state index is 11.1. The van der Waals surface area contributed by atoms with Crippen LogP contribution in [0.2, 0.25) is 5.02 Å². The molecule has 0 saturated heterocycles. The molecule has 0 bridgehead atoms. The fraction of sp³-hybridized carbons (Fsp3) is 0.565. The minimum Gasteiger partial charge on any atom is -0.481 e. The predicted molar refractivity (Wildman–Crippen MR) is 130 cm³/mol. The number of aliphatic carboxylic acids is 1. The summed E-state index contributed by atoms with van der Waals surface area (Å²) in [6.45, 7) is 12.2. The highest BCUT2D eigenvalue weighted by Crippen LogP contribution is 2.36. The molecule has 0 radical (unpaired) electrons. The molecule has 0 unspecified atom stereocenters. The molecule has 7 heteroatoms. The van der Waals surface area contributed by atoms with Gasteiger partial charge in [0.1, 0.15) is 0 Å². The van der Waals surface area contributed by atoms with Crippen LogP contribution in [0.3, 0.4) is 0 Å². The summed E-state index contributed by atoms with van der Waals surface area (Å²) in [6.07, 6.45) is 2.84. The van der Waals surface area contributed by atoms with Crippen LogP contribution in [0, 0.1) is 12.8 Å². The molecule has 0 aliphatic heterocycles. The first-order chi connectivity index (χ1) is 14.3. The number of halogens is 1. The van der Waals surface area contributed by atoms with Crippen molar-refractivity contribution < 1.29 is 9.90 Å². The summed E-state index contributed by atoms with van der Waals surface area (Å²) in [5.41, 5.74) is 8.62. The molecule has 3 N–H and O–H groups in total. The quantitative estimate of drug-likeness (QED) is 0.407. The third kappa shape index (κ3) is 8.25. The minimum absolute atomic E-state index is 0.0907. The van der Waals surface area contributed by atoms with E-state index in [0.29, 0.717) is 19.0 Å². The van der Waals surface area contributed by atoms with Crippen LogP contribution < -0.4 is 10.6 Å². The summed E-state index contributed by atoms with van der Waals surface area (Å²) in [6, 6.07) is 6.04. The largest absolute Gasteiger partial charge is 0.481 e. The molecule has 0 saturated carbocycles. The van der Waals surface area contributed by atoms with Crippen molar-refractivity contribution in [1.82, 2.24) is 4.98 Å². The second kappa shape index (κ2) is 13.6. The molecule has 30 heavy (non-hydrogen) atoms. The number of thiazole rings is 1. The summed E-state index contributed by atoms with van der Waals surface area (Å²) in [5.74, 6) is -0.300. The van der Waals surface area contributed by atoms with E-state index >= 15 is 0 Å². The van der Waals surface area contributed by atoms with E-state index in [1.165, 1.54) is 4.88 Å². The van der Waals surface area contributed by atoms with Crippen LogP contribution in [-0.2, 0) is 11.2 Å². The van der Waals surface area contributed by atoms with E-state index in [-0.39, 0.29) is 6.42 Å². The maximum Gasteiger partial charge on any atom is 0.305 e. The molecule has 0 aliphatic rings. The predicted octanol–water partition coefficient (Wildman–Crippen LogP) is 6.02. The van der Waals surface area contributed by atoms with Gasteiger partial charge in [0.05, 0.1) is 12.1 Å². The first kappa shape index (κ1) is 26.4. The van der Waals surface area contributed by atoms with Crippen LogP contribution in [0.4, 0.5) is 5.13 Å². The van der Waals surface area contributed by atoms with Crippen LogP contribution >= 0.6 is 22.9 Å². The van der Waals surface area contributed by atoms with E-state index in [4.69, 9.17) is 27.4 Å². The molecular weight excluding hydrogens is 418 g/mol. The number of aryl methyl sites for hydroxylation is 1. The van der Waals surface area contributed by atoms with Gasteiger partial charge in [-0.1, -0.05) is 51.4 Å². The molecule has 5 nitrogen and oxygen atoms in total. The number of nitrogens with zero attached hydrogens (tertiary/aromatic N) is 2. The van der Waals surface area contributed by atoms with E-state index < -0.39 is 5.97 Å². The monoisotopic (exact) mass is 453 g/mol. The Morgan fingerprint density at radius 3 is 2.53 bits per heavy atom. The molecular formula is C23H36ClN3O2S. The van der Waals surface area contributed by atoms with Gasteiger partial charge in [-0.2, -0.15) is 0 Å². The lowest BCUT2D eigenvalue weighted by atomic mass is 10.0. The minimum atomic E-state index is -0.798. The average molecular weight is 454 g/mol. The van der Waals surface area contributed by atoms with Crippen LogP contribution in [-0.4, -0.2) is 35.7 Å². The molecule has 1 aromatic heterocycles. The molecule has 1 aromatic carbocycles. The second-order valence-electron chi connectivity index (χ2n) is 7.46. The van der Waals surface area contributed by atoms with Gasteiger partial charge in [0.25, 0.3) is 0 Å². The van der Waals surface area contributed by atoms with Crippen LogP contribution in [0.25, 0.3) is 11.3 Å². The Hall–Kier alpha value is -1.63. The van der Waals surface area contributed by atoms with Crippen molar-refractivity contribution in [3.8, 4) is 11.3 Å². The number of unbranched alkanes of at least 4 members (excludes halogenated alkanes) is 1. The van der Waals surface area contributed by atoms with Crippen LogP contribution in [0.5, 0.6) is 0 Å². The van der Waals surface area contributed by atoms with Gasteiger partial charge in [-0.3, -0.25) is 4.79 Å². The lowest BCUT2D eigenvalue weighted by Crippen LogP contribution is -2.27. The van der Waals surface area contributed by atoms with Crippen molar-refractivity contribution in [1.29, 1.82) is 0 Å². The van der Waals surface area contributed by atoms with E-state index in [1.54, 1.807) is 11.3 Å². The van der Waals surface area contributed by atoms with E-state index in [2.05, 4.69) is 24.8 Å². The zero-order valence-electron chi connectivity index (χ0n) is 18.9. The lowest BCUT2D eigenvalue weighted by molar-refractivity contribution is -0.136. The van der Waals surface area contributed by atoms with Crippen molar-refractivity contribution in [3.05, 3.63) is 33.7 Å². The standard InChI is InChI=1S/C21H30ClN3O2S.C2H6/c1-14(2)12-18-20(16-7-6-15(3)17(22)13-16)24-21(28-18)25(10-5-4-9-23)11-8-19(26)27;1-2/h6-7,13-14H,4-5,8-12,23H2,1-3H3,(H,26,27);1-2H3. The number of rotatable bonds is 11. The number of aromatic nitrogens is 1. The SMILES string of the molecule is CC.Cc1ccc(-c2nc(N(CCCCN)CCC(=O)O)sc2CC(C)C)cc1Cl. The van der Waals surface area contributed by atoms with Gasteiger partial charge in [0.2, 0.25) is 0 Å². The third-order valence-corrected chi connectivity index (χ3v) is 6.02. The van der Waals surface area contributed by atoms with Gasteiger partial charge in [-0.15, -0.1) is 11.3 Å². The smallest absolute Gasteiger partial charge is 0.305 e. The molecule has 1 heterocycles. The topological polar surface area (TPSA) is 79.5 Å². The number of carbonyl (C=O) groups is 1. The molecule has 0 fully saturated rings. The van der Waals surface area contributed by atoms with Gasteiger partial charge in [-0.05, 0) is 50.3 Å². The summed E-state index contributed by atoms with van der Waals surface area (Å²) < 4.78 is 0. The molecule has 0 aliphatic carbocycles. The fourth-order valence-electron chi connectivity index (χ4n) is 2.93.